The van der Waals surface area contributed by atoms with E-state index in [-0.39, 0.29) is 0 Å². The Morgan fingerprint density at radius 1 is 0.419 bits per heavy atom. The molecule has 0 fully saturated rings. The molecule has 4 rings (SSSR count). The maximum absolute atomic E-state index is 2.99. The van der Waals surface area contributed by atoms with Crippen LogP contribution in [0, 0.1) is 41.5 Å². The zero-order chi connectivity index (χ0) is 22.3. The molecule has 156 valence electrons. The Labute approximate surface area is 189 Å². The van der Waals surface area contributed by atoms with Gasteiger partial charge in [0.05, 0.1) is 0 Å². The number of hydrogen-bond donors (Lipinski definition) is 0. The van der Waals surface area contributed by atoms with Crippen LogP contribution in [-0.4, -0.2) is 0 Å². The van der Waals surface area contributed by atoms with Crippen molar-refractivity contribution in [3.8, 4) is 33.4 Å². The summed E-state index contributed by atoms with van der Waals surface area (Å²) in [6.45, 7) is 13.3. The van der Waals surface area contributed by atoms with Crippen LogP contribution in [0.25, 0.3) is 33.4 Å². The van der Waals surface area contributed by atoms with E-state index >= 15 is 0 Å². The van der Waals surface area contributed by atoms with Gasteiger partial charge in [0.2, 0.25) is 0 Å². The average Bonchev–Trinajstić information content (AvgIpc) is 2.74. The third-order valence-corrected chi connectivity index (χ3v) is 7.36. The number of rotatable bonds is 3. The molecule has 0 aliphatic heterocycles. The summed E-state index contributed by atoms with van der Waals surface area (Å²) in [5.41, 5.74) is 15.9. The van der Waals surface area contributed by atoms with Crippen LogP contribution in [0.2, 0.25) is 0 Å². The summed E-state index contributed by atoms with van der Waals surface area (Å²) in [7, 11) is 2.99. The molecule has 4 aromatic rings. The van der Waals surface area contributed by atoms with Crippen molar-refractivity contribution in [3.63, 3.8) is 0 Å². The second-order valence-electron chi connectivity index (χ2n) is 8.69. The molecular weight excluding hydrogens is 391 g/mol. The van der Waals surface area contributed by atoms with E-state index in [1.807, 2.05) is 0 Å². The first-order valence-corrected chi connectivity index (χ1v) is 11.5. The molecule has 0 radical (unpaired) electrons. The van der Waals surface area contributed by atoms with Gasteiger partial charge in [-0.05, 0) is 114 Å². The van der Waals surface area contributed by atoms with Crippen LogP contribution in [0.5, 0.6) is 0 Å². The molecule has 0 aromatic heterocycles. The Hall–Kier alpha value is -2.69. The standard InChI is InChI=1S/C30H31P/c1-18-10-7-13-24(21(18)4)27-16-17-28(31)30(26-15-9-12-20(3)23(26)6)29(27)25-14-8-11-19(2)22(25)5/h7-17H,31H2,1-6H3. The van der Waals surface area contributed by atoms with Gasteiger partial charge in [-0.25, -0.2) is 0 Å². The summed E-state index contributed by atoms with van der Waals surface area (Å²) >= 11 is 0. The van der Waals surface area contributed by atoms with Gasteiger partial charge < -0.3 is 0 Å². The van der Waals surface area contributed by atoms with Crippen LogP contribution < -0.4 is 5.30 Å². The first-order valence-electron chi connectivity index (χ1n) is 10.9. The van der Waals surface area contributed by atoms with Crippen molar-refractivity contribution in [2.45, 2.75) is 41.5 Å². The minimum atomic E-state index is 1.23. The van der Waals surface area contributed by atoms with E-state index in [1.54, 1.807) is 0 Å². The van der Waals surface area contributed by atoms with E-state index in [4.69, 9.17) is 0 Å². The lowest BCUT2D eigenvalue weighted by Gasteiger charge is -2.23. The normalized spacial score (nSPS) is 11.1. The summed E-state index contributed by atoms with van der Waals surface area (Å²) < 4.78 is 0. The minimum absolute atomic E-state index is 1.23. The molecule has 0 spiro atoms. The average molecular weight is 423 g/mol. The predicted octanol–water partition coefficient (Wildman–Crippen LogP) is 8.04. The zero-order valence-corrected chi connectivity index (χ0v) is 20.6. The van der Waals surface area contributed by atoms with Crippen LogP contribution in [-0.2, 0) is 0 Å². The van der Waals surface area contributed by atoms with Gasteiger partial charge in [-0.1, -0.05) is 66.7 Å². The van der Waals surface area contributed by atoms with E-state index in [0.29, 0.717) is 0 Å². The molecule has 1 atom stereocenters. The van der Waals surface area contributed by atoms with E-state index in [1.165, 1.54) is 72.1 Å². The Bertz CT molecular complexity index is 1290. The van der Waals surface area contributed by atoms with Crippen LogP contribution in [0.3, 0.4) is 0 Å². The molecule has 1 unspecified atom stereocenters. The molecule has 0 aliphatic rings. The van der Waals surface area contributed by atoms with Crippen LogP contribution in [0.15, 0.2) is 66.7 Å². The van der Waals surface area contributed by atoms with Crippen LogP contribution >= 0.6 is 9.24 Å². The number of aryl methyl sites for hydroxylation is 3. The van der Waals surface area contributed by atoms with Crippen molar-refractivity contribution in [3.05, 3.63) is 100 Å². The molecule has 0 heterocycles. The van der Waals surface area contributed by atoms with Gasteiger partial charge in [0.1, 0.15) is 0 Å². The van der Waals surface area contributed by atoms with Crippen molar-refractivity contribution < 1.29 is 0 Å². The maximum atomic E-state index is 2.99. The minimum Gasteiger partial charge on any atom is -0.105 e. The molecular formula is C30H31P. The topological polar surface area (TPSA) is 0 Å². The van der Waals surface area contributed by atoms with Gasteiger partial charge in [0, 0.05) is 0 Å². The van der Waals surface area contributed by atoms with E-state index in [2.05, 4.69) is 118 Å². The second-order valence-corrected chi connectivity index (χ2v) is 9.32. The van der Waals surface area contributed by atoms with E-state index in [0.717, 1.165) is 0 Å². The number of benzene rings is 4. The summed E-state index contributed by atoms with van der Waals surface area (Å²) in [4.78, 5) is 0. The number of hydrogen-bond acceptors (Lipinski definition) is 0. The molecule has 0 amide bonds. The Kier molecular flexibility index (Phi) is 5.87. The quantitative estimate of drug-likeness (QED) is 0.293. The van der Waals surface area contributed by atoms with Crippen molar-refractivity contribution in [1.29, 1.82) is 0 Å². The molecule has 31 heavy (non-hydrogen) atoms. The monoisotopic (exact) mass is 422 g/mol. The summed E-state index contributed by atoms with van der Waals surface area (Å²) in [5.74, 6) is 0. The highest BCUT2D eigenvalue weighted by Gasteiger charge is 2.21. The Morgan fingerprint density at radius 2 is 0.839 bits per heavy atom. The summed E-state index contributed by atoms with van der Waals surface area (Å²) in [5, 5.41) is 1.23. The molecule has 0 saturated carbocycles. The van der Waals surface area contributed by atoms with Crippen molar-refractivity contribution in [2.24, 2.45) is 0 Å². The third-order valence-electron chi connectivity index (χ3n) is 6.88. The van der Waals surface area contributed by atoms with Gasteiger partial charge in [0.25, 0.3) is 0 Å². The first kappa shape index (κ1) is 21.5. The summed E-state index contributed by atoms with van der Waals surface area (Å²) in [6.07, 6.45) is 0. The van der Waals surface area contributed by atoms with Crippen molar-refractivity contribution in [1.82, 2.24) is 0 Å². The van der Waals surface area contributed by atoms with E-state index < -0.39 is 0 Å². The van der Waals surface area contributed by atoms with Gasteiger partial charge in [-0.3, -0.25) is 0 Å². The maximum Gasteiger partial charge on any atom is -0.00176 e. The fourth-order valence-electron chi connectivity index (χ4n) is 4.50. The Morgan fingerprint density at radius 3 is 1.35 bits per heavy atom. The third kappa shape index (κ3) is 3.75. The fourth-order valence-corrected chi connectivity index (χ4v) is 4.90. The molecule has 1 heteroatoms. The fraction of sp³-hybridized carbons (Fsp3) is 0.200. The van der Waals surface area contributed by atoms with Gasteiger partial charge in [0.15, 0.2) is 0 Å². The van der Waals surface area contributed by atoms with Gasteiger partial charge >= 0.3 is 0 Å². The van der Waals surface area contributed by atoms with Crippen molar-refractivity contribution >= 4 is 14.5 Å². The lowest BCUT2D eigenvalue weighted by Crippen LogP contribution is -2.05. The lowest BCUT2D eigenvalue weighted by atomic mass is 9.82. The summed E-state index contributed by atoms with van der Waals surface area (Å²) in [6, 6.07) is 24.5. The highest BCUT2D eigenvalue weighted by atomic mass is 31.0. The molecule has 0 bridgehead atoms. The highest BCUT2D eigenvalue weighted by molar-refractivity contribution is 7.28. The largest absolute Gasteiger partial charge is 0.105 e. The van der Waals surface area contributed by atoms with Crippen molar-refractivity contribution in [2.75, 3.05) is 0 Å². The van der Waals surface area contributed by atoms with Crippen LogP contribution in [0.1, 0.15) is 33.4 Å². The molecule has 0 nitrogen and oxygen atoms in total. The Balaban J connectivity index is 2.20. The van der Waals surface area contributed by atoms with E-state index in [9.17, 15) is 0 Å². The van der Waals surface area contributed by atoms with Gasteiger partial charge in [-0.2, -0.15) is 0 Å². The highest BCUT2D eigenvalue weighted by Crippen LogP contribution is 2.43. The SMILES string of the molecule is Cc1cccc(-c2ccc(P)c(-c3cccc(C)c3C)c2-c2cccc(C)c2C)c1C. The first-order chi connectivity index (χ1) is 14.8. The second kappa shape index (κ2) is 8.45. The molecule has 4 aromatic carbocycles. The molecule has 0 N–H and O–H groups in total. The molecule has 0 saturated heterocycles. The lowest BCUT2D eigenvalue weighted by molar-refractivity contribution is 1.32. The van der Waals surface area contributed by atoms with Gasteiger partial charge in [-0.15, -0.1) is 9.24 Å². The molecule has 0 aliphatic carbocycles. The smallest absolute Gasteiger partial charge is 0.00176 e. The predicted molar refractivity (Wildman–Crippen MR) is 141 cm³/mol. The zero-order valence-electron chi connectivity index (χ0n) is 19.4. The van der Waals surface area contributed by atoms with Crippen LogP contribution in [0.4, 0.5) is 0 Å².